The first kappa shape index (κ1) is 12.0. The number of pyridine rings is 1. The molecular weight excluding hydrogens is 230 g/mol. The number of hydrogen-bond donors (Lipinski definition) is 4. The fourth-order valence-electron chi connectivity index (χ4n) is 1.52. The second-order valence-electron chi connectivity index (χ2n) is 3.73. The van der Waals surface area contributed by atoms with Gasteiger partial charge in [0.1, 0.15) is 23.9 Å². The van der Waals surface area contributed by atoms with Crippen molar-refractivity contribution >= 4 is 17.3 Å². The highest BCUT2D eigenvalue weighted by molar-refractivity contribution is 5.71. The van der Waals surface area contributed by atoms with E-state index in [2.05, 4.69) is 10.4 Å². The summed E-state index contributed by atoms with van der Waals surface area (Å²) in [5.41, 5.74) is 15.2. The number of nitrogens with one attached hydrogen (secondary N) is 1. The fraction of sp³-hybridized carbons (Fsp3) is 0.0833. The molecule has 0 aliphatic carbocycles. The second-order valence-corrected chi connectivity index (χ2v) is 3.73. The minimum Gasteiger partial charge on any atom is -0.486 e. The van der Waals surface area contributed by atoms with E-state index in [4.69, 9.17) is 22.0 Å². The SMILES string of the molecule is NNc1nc(N)cc(OCc2ccccc2)c1N. The van der Waals surface area contributed by atoms with Crippen molar-refractivity contribution in [1.29, 1.82) is 0 Å². The number of nitrogen functional groups attached to an aromatic ring is 3. The Morgan fingerprint density at radius 3 is 2.56 bits per heavy atom. The van der Waals surface area contributed by atoms with Crippen molar-refractivity contribution < 1.29 is 4.74 Å². The summed E-state index contributed by atoms with van der Waals surface area (Å²) in [6.45, 7) is 0.401. The number of hydrogen-bond acceptors (Lipinski definition) is 6. The molecule has 1 heterocycles. The van der Waals surface area contributed by atoms with Gasteiger partial charge in [0.05, 0.1) is 0 Å². The van der Waals surface area contributed by atoms with Crippen molar-refractivity contribution in [1.82, 2.24) is 4.98 Å². The molecule has 0 saturated carbocycles. The lowest BCUT2D eigenvalue weighted by atomic mass is 10.2. The van der Waals surface area contributed by atoms with Gasteiger partial charge in [0.2, 0.25) is 0 Å². The largest absolute Gasteiger partial charge is 0.486 e. The van der Waals surface area contributed by atoms with Crippen LogP contribution < -0.4 is 27.5 Å². The molecule has 2 rings (SSSR count). The van der Waals surface area contributed by atoms with Gasteiger partial charge < -0.3 is 21.6 Å². The fourth-order valence-corrected chi connectivity index (χ4v) is 1.52. The number of ether oxygens (including phenoxy) is 1. The van der Waals surface area contributed by atoms with Crippen molar-refractivity contribution in [2.45, 2.75) is 6.61 Å². The molecule has 1 aromatic heterocycles. The summed E-state index contributed by atoms with van der Waals surface area (Å²) in [5.74, 6) is 6.35. The lowest BCUT2D eigenvalue weighted by molar-refractivity contribution is 0.308. The Labute approximate surface area is 105 Å². The molecule has 94 valence electrons. The number of aromatic nitrogens is 1. The van der Waals surface area contributed by atoms with Crippen LogP contribution in [-0.4, -0.2) is 4.98 Å². The smallest absolute Gasteiger partial charge is 0.169 e. The summed E-state index contributed by atoms with van der Waals surface area (Å²) >= 11 is 0. The zero-order valence-electron chi connectivity index (χ0n) is 9.76. The second kappa shape index (κ2) is 5.24. The zero-order chi connectivity index (χ0) is 13.0. The normalized spacial score (nSPS) is 10.1. The molecule has 0 amide bonds. The molecule has 0 bridgehead atoms. The highest BCUT2D eigenvalue weighted by atomic mass is 16.5. The third-order valence-corrected chi connectivity index (χ3v) is 2.41. The van der Waals surface area contributed by atoms with Crippen molar-refractivity contribution in [3.63, 3.8) is 0 Å². The minimum absolute atomic E-state index is 0.292. The Bertz CT molecular complexity index is 529. The predicted molar refractivity (Wildman–Crippen MR) is 71.6 cm³/mol. The van der Waals surface area contributed by atoms with Crippen molar-refractivity contribution in [3.8, 4) is 5.75 Å². The Balaban J connectivity index is 2.17. The first-order chi connectivity index (χ1) is 8.70. The highest BCUT2D eigenvalue weighted by Gasteiger charge is 2.09. The van der Waals surface area contributed by atoms with E-state index in [1.165, 1.54) is 0 Å². The third kappa shape index (κ3) is 2.61. The lowest BCUT2D eigenvalue weighted by Gasteiger charge is -2.12. The molecular formula is C12H15N5O. The molecule has 7 N–H and O–H groups in total. The summed E-state index contributed by atoms with van der Waals surface area (Å²) in [6, 6.07) is 11.3. The van der Waals surface area contributed by atoms with Gasteiger partial charge in [0, 0.05) is 6.07 Å². The van der Waals surface area contributed by atoms with Gasteiger partial charge in [-0.25, -0.2) is 10.8 Å². The summed E-state index contributed by atoms with van der Waals surface area (Å²) in [7, 11) is 0. The molecule has 0 spiro atoms. The maximum Gasteiger partial charge on any atom is 0.169 e. The van der Waals surface area contributed by atoms with E-state index < -0.39 is 0 Å². The van der Waals surface area contributed by atoms with Crippen molar-refractivity contribution in [3.05, 3.63) is 42.0 Å². The van der Waals surface area contributed by atoms with Crippen molar-refractivity contribution in [2.24, 2.45) is 5.84 Å². The quantitative estimate of drug-likeness (QED) is 0.474. The molecule has 6 heteroatoms. The molecule has 0 saturated heterocycles. The summed E-state index contributed by atoms with van der Waals surface area (Å²) < 4.78 is 5.61. The highest BCUT2D eigenvalue weighted by Crippen LogP contribution is 2.29. The zero-order valence-corrected chi connectivity index (χ0v) is 9.76. The van der Waals surface area contributed by atoms with Crippen LogP contribution in [0.4, 0.5) is 17.3 Å². The molecule has 0 aliphatic rings. The van der Waals surface area contributed by atoms with Crippen LogP contribution in [0.5, 0.6) is 5.75 Å². The molecule has 0 fully saturated rings. The van der Waals surface area contributed by atoms with Crippen LogP contribution in [-0.2, 0) is 6.61 Å². The molecule has 1 aromatic carbocycles. The topological polar surface area (TPSA) is 112 Å². The standard InChI is InChI=1S/C12H15N5O/c13-10-6-9(11(14)12(16-10)17-15)18-7-8-4-2-1-3-5-8/h1-6H,7,14-15H2,(H3,13,16,17). The van der Waals surface area contributed by atoms with Gasteiger partial charge in [0.25, 0.3) is 0 Å². The molecule has 18 heavy (non-hydrogen) atoms. The summed E-state index contributed by atoms with van der Waals surface area (Å²) in [5, 5.41) is 0. The lowest BCUT2D eigenvalue weighted by Crippen LogP contribution is -2.13. The van der Waals surface area contributed by atoms with Crippen molar-refractivity contribution in [2.75, 3.05) is 16.9 Å². The third-order valence-electron chi connectivity index (χ3n) is 2.41. The van der Waals surface area contributed by atoms with Gasteiger partial charge in [-0.1, -0.05) is 30.3 Å². The number of rotatable bonds is 4. The van der Waals surface area contributed by atoms with E-state index in [1.54, 1.807) is 6.07 Å². The monoisotopic (exact) mass is 245 g/mol. The first-order valence-electron chi connectivity index (χ1n) is 5.40. The molecule has 6 nitrogen and oxygen atoms in total. The van der Waals surface area contributed by atoms with Crippen LogP contribution >= 0.6 is 0 Å². The Kier molecular flexibility index (Phi) is 3.49. The first-order valence-corrected chi connectivity index (χ1v) is 5.40. The number of nitrogens with zero attached hydrogens (tertiary/aromatic N) is 1. The summed E-state index contributed by atoms with van der Waals surface area (Å²) in [6.07, 6.45) is 0. The van der Waals surface area contributed by atoms with E-state index >= 15 is 0 Å². The van der Waals surface area contributed by atoms with E-state index in [0.717, 1.165) is 5.56 Å². The van der Waals surface area contributed by atoms with Gasteiger partial charge in [-0.05, 0) is 5.56 Å². The van der Waals surface area contributed by atoms with E-state index in [-0.39, 0.29) is 0 Å². The van der Waals surface area contributed by atoms with Crippen LogP contribution in [0.15, 0.2) is 36.4 Å². The molecule has 2 aromatic rings. The van der Waals surface area contributed by atoms with Gasteiger partial charge in [0.15, 0.2) is 5.82 Å². The molecule has 0 unspecified atom stereocenters. The van der Waals surface area contributed by atoms with Crippen LogP contribution in [0.1, 0.15) is 5.56 Å². The minimum atomic E-state index is 0.292. The molecule has 0 radical (unpaired) electrons. The average molecular weight is 245 g/mol. The summed E-state index contributed by atoms with van der Waals surface area (Å²) in [4.78, 5) is 3.94. The number of benzene rings is 1. The van der Waals surface area contributed by atoms with Gasteiger partial charge >= 0.3 is 0 Å². The van der Waals surface area contributed by atoms with E-state index in [0.29, 0.717) is 29.7 Å². The van der Waals surface area contributed by atoms with Crippen LogP contribution in [0.2, 0.25) is 0 Å². The van der Waals surface area contributed by atoms with Gasteiger partial charge in [-0.3, -0.25) is 0 Å². The predicted octanol–water partition coefficient (Wildman–Crippen LogP) is 1.11. The number of anilines is 3. The van der Waals surface area contributed by atoms with Crippen LogP contribution in [0, 0.1) is 0 Å². The number of nitrogens with two attached hydrogens (primary N) is 3. The average Bonchev–Trinajstić information content (AvgIpc) is 2.40. The van der Waals surface area contributed by atoms with Gasteiger partial charge in [-0.2, -0.15) is 0 Å². The Morgan fingerprint density at radius 2 is 1.89 bits per heavy atom. The van der Waals surface area contributed by atoms with Crippen LogP contribution in [0.3, 0.4) is 0 Å². The Hall–Kier alpha value is -2.47. The molecule has 0 atom stereocenters. The maximum atomic E-state index is 5.84. The van der Waals surface area contributed by atoms with Crippen LogP contribution in [0.25, 0.3) is 0 Å². The number of hydrazine groups is 1. The molecule has 0 aliphatic heterocycles. The van der Waals surface area contributed by atoms with E-state index in [1.807, 2.05) is 30.3 Å². The maximum absolute atomic E-state index is 5.84. The van der Waals surface area contributed by atoms with Gasteiger partial charge in [-0.15, -0.1) is 0 Å². The Morgan fingerprint density at radius 1 is 1.17 bits per heavy atom. The van der Waals surface area contributed by atoms with E-state index in [9.17, 15) is 0 Å².